The predicted molar refractivity (Wildman–Crippen MR) is 63.6 cm³/mol. The van der Waals surface area contributed by atoms with Crippen LogP contribution in [-0.2, 0) is 9.53 Å². The third-order valence-corrected chi connectivity index (χ3v) is 2.42. The van der Waals surface area contributed by atoms with Crippen molar-refractivity contribution >= 4 is 33.3 Å². The maximum Gasteiger partial charge on any atom is 0.307 e. The van der Waals surface area contributed by atoms with Crippen LogP contribution < -0.4 is 11.1 Å². The zero-order valence-electron chi connectivity index (χ0n) is 8.72. The van der Waals surface area contributed by atoms with Crippen LogP contribution in [0, 0.1) is 5.82 Å². The number of carbonyl (C=O) groups is 1. The third kappa shape index (κ3) is 3.37. The predicted octanol–water partition coefficient (Wildman–Crippen LogP) is 2.15. The quantitative estimate of drug-likeness (QED) is 0.659. The van der Waals surface area contributed by atoms with E-state index in [9.17, 15) is 9.18 Å². The van der Waals surface area contributed by atoms with Crippen molar-refractivity contribution in [3.63, 3.8) is 0 Å². The number of methoxy groups -OCH3 is 1. The number of hydrogen-bond donors (Lipinski definition) is 2. The fourth-order valence-electron chi connectivity index (χ4n) is 1.13. The molecule has 0 fully saturated rings. The second-order valence-corrected chi connectivity index (χ2v) is 4.02. The van der Waals surface area contributed by atoms with Gasteiger partial charge in [-0.2, -0.15) is 0 Å². The minimum atomic E-state index is -0.505. The Morgan fingerprint density at radius 1 is 1.62 bits per heavy atom. The highest BCUT2D eigenvalue weighted by Crippen LogP contribution is 2.26. The summed E-state index contributed by atoms with van der Waals surface area (Å²) in [5.41, 5.74) is 6.02. The van der Waals surface area contributed by atoms with Crippen molar-refractivity contribution in [2.75, 3.05) is 24.7 Å². The van der Waals surface area contributed by atoms with Crippen LogP contribution in [0.25, 0.3) is 0 Å². The molecule has 0 spiro atoms. The number of nitrogen functional groups attached to an aromatic ring is 1. The molecular formula is C10H12BrFN2O2. The molecule has 0 bridgehead atoms. The minimum Gasteiger partial charge on any atom is -0.469 e. The van der Waals surface area contributed by atoms with E-state index in [0.717, 1.165) is 0 Å². The molecule has 0 aromatic heterocycles. The highest BCUT2D eigenvalue weighted by molar-refractivity contribution is 9.10. The summed E-state index contributed by atoms with van der Waals surface area (Å²) in [7, 11) is 1.31. The van der Waals surface area contributed by atoms with Gasteiger partial charge in [0.1, 0.15) is 5.82 Å². The molecule has 0 aliphatic heterocycles. The van der Waals surface area contributed by atoms with Gasteiger partial charge in [0.25, 0.3) is 0 Å². The fraction of sp³-hybridized carbons (Fsp3) is 0.300. The van der Waals surface area contributed by atoms with E-state index in [1.54, 1.807) is 6.07 Å². The molecule has 16 heavy (non-hydrogen) atoms. The average molecular weight is 291 g/mol. The molecule has 0 unspecified atom stereocenters. The molecule has 88 valence electrons. The van der Waals surface area contributed by atoms with Crippen molar-refractivity contribution < 1.29 is 13.9 Å². The molecule has 0 saturated carbocycles. The molecule has 3 N–H and O–H groups in total. The lowest BCUT2D eigenvalue weighted by atomic mass is 10.2. The number of ether oxygens (including phenoxy) is 1. The SMILES string of the molecule is COC(=O)CCNc1cc(Br)cc(F)c1N. The van der Waals surface area contributed by atoms with Crippen LogP contribution in [0.15, 0.2) is 16.6 Å². The molecule has 1 aromatic carbocycles. The summed E-state index contributed by atoms with van der Waals surface area (Å²) < 4.78 is 18.3. The molecule has 0 amide bonds. The first-order chi connectivity index (χ1) is 7.54. The number of rotatable bonds is 4. The molecule has 1 rings (SSSR count). The van der Waals surface area contributed by atoms with Crippen molar-refractivity contribution in [3.05, 3.63) is 22.4 Å². The number of esters is 1. The summed E-state index contributed by atoms with van der Waals surface area (Å²) >= 11 is 3.15. The number of anilines is 2. The standard InChI is InChI=1S/C10H12BrFN2O2/c1-16-9(15)2-3-14-8-5-6(11)4-7(12)10(8)13/h4-5,14H,2-3,13H2,1H3. The molecule has 0 radical (unpaired) electrons. The van der Waals surface area contributed by atoms with E-state index in [4.69, 9.17) is 5.73 Å². The molecule has 0 atom stereocenters. The van der Waals surface area contributed by atoms with Crippen molar-refractivity contribution in [1.29, 1.82) is 0 Å². The molecule has 1 aromatic rings. The van der Waals surface area contributed by atoms with Crippen LogP contribution in [0.3, 0.4) is 0 Å². The fourth-order valence-corrected chi connectivity index (χ4v) is 1.56. The highest BCUT2D eigenvalue weighted by Gasteiger charge is 2.07. The van der Waals surface area contributed by atoms with Crippen molar-refractivity contribution in [3.8, 4) is 0 Å². The van der Waals surface area contributed by atoms with Crippen LogP contribution in [0.1, 0.15) is 6.42 Å². The van der Waals surface area contributed by atoms with Crippen LogP contribution in [0.4, 0.5) is 15.8 Å². The first-order valence-electron chi connectivity index (χ1n) is 4.59. The summed E-state index contributed by atoms with van der Waals surface area (Å²) in [6.45, 7) is 0.340. The van der Waals surface area contributed by atoms with Crippen molar-refractivity contribution in [2.45, 2.75) is 6.42 Å². The number of nitrogens with two attached hydrogens (primary N) is 1. The largest absolute Gasteiger partial charge is 0.469 e. The lowest BCUT2D eigenvalue weighted by Gasteiger charge is -2.09. The van der Waals surface area contributed by atoms with E-state index in [1.807, 2.05) is 0 Å². The van der Waals surface area contributed by atoms with Crippen molar-refractivity contribution in [2.24, 2.45) is 0 Å². The molecule has 0 saturated heterocycles. The Morgan fingerprint density at radius 3 is 2.94 bits per heavy atom. The maximum atomic E-state index is 13.2. The van der Waals surface area contributed by atoms with Gasteiger partial charge in [-0.1, -0.05) is 15.9 Å². The summed E-state index contributed by atoms with van der Waals surface area (Å²) in [6.07, 6.45) is 0.198. The van der Waals surface area contributed by atoms with E-state index >= 15 is 0 Å². The van der Waals surface area contributed by atoms with Crippen LogP contribution in [-0.4, -0.2) is 19.6 Å². The van der Waals surface area contributed by atoms with E-state index < -0.39 is 5.82 Å². The Labute approximate surface area is 101 Å². The molecular weight excluding hydrogens is 279 g/mol. The van der Waals surface area contributed by atoms with Gasteiger partial charge in [0.2, 0.25) is 0 Å². The van der Waals surface area contributed by atoms with Gasteiger partial charge in [0, 0.05) is 11.0 Å². The van der Waals surface area contributed by atoms with Gasteiger partial charge in [-0.25, -0.2) is 4.39 Å². The second kappa shape index (κ2) is 5.69. The van der Waals surface area contributed by atoms with Gasteiger partial charge >= 0.3 is 5.97 Å². The monoisotopic (exact) mass is 290 g/mol. The Hall–Kier alpha value is -1.30. The van der Waals surface area contributed by atoms with E-state index in [2.05, 4.69) is 26.0 Å². The Bertz CT molecular complexity index is 399. The van der Waals surface area contributed by atoms with Gasteiger partial charge in [-0.15, -0.1) is 0 Å². The number of nitrogens with one attached hydrogen (secondary N) is 1. The maximum absolute atomic E-state index is 13.2. The summed E-state index contributed by atoms with van der Waals surface area (Å²) in [6, 6.07) is 2.93. The number of carbonyl (C=O) groups excluding carboxylic acids is 1. The summed E-state index contributed by atoms with van der Waals surface area (Å²) in [5, 5.41) is 2.86. The van der Waals surface area contributed by atoms with Crippen LogP contribution in [0.2, 0.25) is 0 Å². The zero-order valence-corrected chi connectivity index (χ0v) is 10.3. The highest BCUT2D eigenvalue weighted by atomic mass is 79.9. The molecule has 4 nitrogen and oxygen atoms in total. The van der Waals surface area contributed by atoms with Gasteiger partial charge < -0.3 is 15.8 Å². The Morgan fingerprint density at radius 2 is 2.31 bits per heavy atom. The van der Waals surface area contributed by atoms with E-state index in [1.165, 1.54) is 13.2 Å². The minimum absolute atomic E-state index is 0.0352. The molecule has 0 aliphatic rings. The Balaban J connectivity index is 2.63. The number of hydrogen-bond acceptors (Lipinski definition) is 4. The summed E-state index contributed by atoms with van der Waals surface area (Å²) in [5.74, 6) is -0.837. The van der Waals surface area contributed by atoms with Gasteiger partial charge in [0.05, 0.1) is 24.9 Å². The van der Waals surface area contributed by atoms with Crippen LogP contribution >= 0.6 is 15.9 Å². The lowest BCUT2D eigenvalue weighted by molar-refractivity contribution is -0.140. The summed E-state index contributed by atoms with van der Waals surface area (Å²) in [4.78, 5) is 10.8. The first-order valence-corrected chi connectivity index (χ1v) is 5.39. The topological polar surface area (TPSA) is 64.3 Å². The molecule has 0 aliphatic carbocycles. The average Bonchev–Trinajstić information content (AvgIpc) is 2.24. The van der Waals surface area contributed by atoms with E-state index in [-0.39, 0.29) is 18.1 Å². The third-order valence-electron chi connectivity index (χ3n) is 1.97. The number of halogens is 2. The Kier molecular flexibility index (Phi) is 4.54. The van der Waals surface area contributed by atoms with Gasteiger partial charge in [0.15, 0.2) is 0 Å². The normalized spacial score (nSPS) is 9.94. The zero-order chi connectivity index (χ0) is 12.1. The van der Waals surface area contributed by atoms with Gasteiger partial charge in [-0.05, 0) is 12.1 Å². The van der Waals surface area contributed by atoms with Gasteiger partial charge in [-0.3, -0.25) is 4.79 Å². The number of benzene rings is 1. The molecule has 0 heterocycles. The molecule has 6 heteroatoms. The second-order valence-electron chi connectivity index (χ2n) is 3.10. The smallest absolute Gasteiger partial charge is 0.307 e. The van der Waals surface area contributed by atoms with Crippen molar-refractivity contribution in [1.82, 2.24) is 0 Å². The van der Waals surface area contributed by atoms with E-state index in [0.29, 0.717) is 16.7 Å². The first kappa shape index (κ1) is 12.8. The van der Waals surface area contributed by atoms with Crippen LogP contribution in [0.5, 0.6) is 0 Å². The lowest BCUT2D eigenvalue weighted by Crippen LogP contribution is -2.11.